The molecule has 2 aliphatic heterocycles. The first-order valence-corrected chi connectivity index (χ1v) is 11.0. The fourth-order valence-electron chi connectivity index (χ4n) is 5.40. The zero-order chi connectivity index (χ0) is 20.7. The summed E-state index contributed by atoms with van der Waals surface area (Å²) in [6.45, 7) is 2.17. The van der Waals surface area contributed by atoms with Gasteiger partial charge in [0.1, 0.15) is 5.82 Å². The third-order valence-electron chi connectivity index (χ3n) is 7.21. The van der Waals surface area contributed by atoms with Gasteiger partial charge in [-0.1, -0.05) is 18.9 Å². The van der Waals surface area contributed by atoms with Gasteiger partial charge in [-0.25, -0.2) is 4.68 Å². The molecule has 2 fully saturated rings. The minimum atomic E-state index is -0.589. The largest absolute Gasteiger partial charge is 0.342 e. The van der Waals surface area contributed by atoms with Crippen molar-refractivity contribution in [1.82, 2.24) is 24.2 Å². The maximum atomic E-state index is 12.8. The van der Waals surface area contributed by atoms with Crippen LogP contribution in [0.15, 0.2) is 34.1 Å². The lowest BCUT2D eigenvalue weighted by Gasteiger charge is -2.39. The fourth-order valence-corrected chi connectivity index (χ4v) is 5.40. The second kappa shape index (κ2) is 7.49. The van der Waals surface area contributed by atoms with Gasteiger partial charge in [0, 0.05) is 43.4 Å². The highest BCUT2D eigenvalue weighted by molar-refractivity contribution is 5.79. The number of carbonyl (C=O) groups is 1. The number of aromatic nitrogens is 4. The number of likely N-dealkylation sites (tertiary alicyclic amines) is 1. The minimum Gasteiger partial charge on any atom is -0.342 e. The quantitative estimate of drug-likeness (QED) is 0.713. The Morgan fingerprint density at radius 3 is 2.50 bits per heavy atom. The number of carbonyl (C=O) groups excluding carboxylic acids is 1. The van der Waals surface area contributed by atoms with Crippen molar-refractivity contribution in [3.05, 3.63) is 56.6 Å². The number of amides is 1. The third-order valence-corrected chi connectivity index (χ3v) is 7.21. The summed E-state index contributed by atoms with van der Waals surface area (Å²) in [5.41, 5.74) is -0.477. The number of pyridine rings is 1. The lowest BCUT2D eigenvalue weighted by molar-refractivity contribution is -0.137. The van der Waals surface area contributed by atoms with E-state index in [1.165, 1.54) is 4.68 Å². The van der Waals surface area contributed by atoms with Crippen LogP contribution in [-0.4, -0.2) is 43.2 Å². The van der Waals surface area contributed by atoms with Crippen LogP contribution in [0.25, 0.3) is 0 Å². The lowest BCUT2D eigenvalue weighted by atomic mass is 9.76. The Kier molecular flexibility index (Phi) is 4.79. The number of fused-ring (bicyclic) bond motifs is 2. The highest BCUT2D eigenvalue weighted by Crippen LogP contribution is 2.42. The van der Waals surface area contributed by atoms with E-state index < -0.39 is 11.1 Å². The molecule has 8 heteroatoms. The molecule has 0 bridgehead atoms. The number of hydrogen-bond donors (Lipinski definition) is 0. The second-order valence-corrected chi connectivity index (χ2v) is 8.94. The van der Waals surface area contributed by atoms with Crippen LogP contribution >= 0.6 is 0 Å². The van der Waals surface area contributed by atoms with Crippen molar-refractivity contribution in [2.24, 2.45) is 5.92 Å². The molecule has 0 radical (unpaired) electrons. The van der Waals surface area contributed by atoms with E-state index in [0.29, 0.717) is 31.4 Å². The smallest absolute Gasteiger partial charge is 0.332 e. The van der Waals surface area contributed by atoms with Gasteiger partial charge >= 0.3 is 11.1 Å². The maximum absolute atomic E-state index is 12.8. The van der Waals surface area contributed by atoms with Gasteiger partial charge in [-0.05, 0) is 43.7 Å². The van der Waals surface area contributed by atoms with Crippen LogP contribution in [0.3, 0.4) is 0 Å². The van der Waals surface area contributed by atoms with Crippen LogP contribution in [-0.2, 0) is 23.3 Å². The first-order valence-electron chi connectivity index (χ1n) is 11.0. The molecule has 1 saturated heterocycles. The SMILES string of the molecule is O=C(C1CCCC1)N1CCC2(CC1)CCn1c2nn(Cc2cccnc2)c(=O)c1=O. The second-order valence-electron chi connectivity index (χ2n) is 8.94. The van der Waals surface area contributed by atoms with Gasteiger partial charge in [0.05, 0.1) is 6.54 Å². The summed E-state index contributed by atoms with van der Waals surface area (Å²) in [6.07, 6.45) is 10.1. The molecule has 3 aliphatic rings. The van der Waals surface area contributed by atoms with E-state index in [2.05, 4.69) is 10.1 Å². The van der Waals surface area contributed by atoms with Gasteiger partial charge in [-0.2, -0.15) is 5.10 Å². The first kappa shape index (κ1) is 19.2. The monoisotopic (exact) mass is 409 g/mol. The summed E-state index contributed by atoms with van der Waals surface area (Å²) in [6, 6.07) is 3.67. The average molecular weight is 409 g/mol. The summed E-state index contributed by atoms with van der Waals surface area (Å²) < 4.78 is 2.85. The summed E-state index contributed by atoms with van der Waals surface area (Å²) in [7, 11) is 0. The molecule has 1 saturated carbocycles. The third kappa shape index (κ3) is 3.18. The maximum Gasteiger partial charge on any atom is 0.332 e. The summed E-state index contributed by atoms with van der Waals surface area (Å²) in [5.74, 6) is 1.21. The van der Waals surface area contributed by atoms with Crippen molar-refractivity contribution in [1.29, 1.82) is 0 Å². The van der Waals surface area contributed by atoms with Gasteiger partial charge in [0.2, 0.25) is 5.91 Å². The molecule has 0 N–H and O–H groups in total. The molecule has 1 aliphatic carbocycles. The summed E-state index contributed by atoms with van der Waals surface area (Å²) in [4.78, 5) is 44.2. The highest BCUT2D eigenvalue weighted by atomic mass is 16.2. The summed E-state index contributed by atoms with van der Waals surface area (Å²) >= 11 is 0. The molecule has 0 atom stereocenters. The van der Waals surface area contributed by atoms with Crippen molar-refractivity contribution in [3.8, 4) is 0 Å². The molecule has 158 valence electrons. The van der Waals surface area contributed by atoms with Crippen LogP contribution in [0.2, 0.25) is 0 Å². The van der Waals surface area contributed by atoms with Crippen LogP contribution in [0.1, 0.15) is 56.3 Å². The van der Waals surface area contributed by atoms with Crippen LogP contribution in [0.4, 0.5) is 0 Å². The number of rotatable bonds is 3. The van der Waals surface area contributed by atoms with Gasteiger partial charge in [-0.3, -0.25) is 23.9 Å². The Bertz CT molecular complexity index is 1060. The van der Waals surface area contributed by atoms with E-state index in [-0.39, 0.29) is 17.9 Å². The topological polar surface area (TPSA) is 90.1 Å². The molecular weight excluding hydrogens is 382 g/mol. The predicted molar refractivity (Wildman–Crippen MR) is 110 cm³/mol. The molecule has 5 rings (SSSR count). The minimum absolute atomic E-state index is 0.195. The molecule has 30 heavy (non-hydrogen) atoms. The average Bonchev–Trinajstić information content (AvgIpc) is 3.42. The Balaban J connectivity index is 1.40. The van der Waals surface area contributed by atoms with Crippen molar-refractivity contribution < 1.29 is 4.79 Å². The van der Waals surface area contributed by atoms with Gasteiger partial charge in [0.15, 0.2) is 0 Å². The van der Waals surface area contributed by atoms with Crippen LogP contribution in [0.5, 0.6) is 0 Å². The van der Waals surface area contributed by atoms with Crippen LogP contribution < -0.4 is 11.1 Å². The van der Waals surface area contributed by atoms with E-state index >= 15 is 0 Å². The van der Waals surface area contributed by atoms with E-state index in [0.717, 1.165) is 50.5 Å². The molecule has 4 heterocycles. The Morgan fingerprint density at radius 2 is 1.80 bits per heavy atom. The Morgan fingerprint density at radius 1 is 1.07 bits per heavy atom. The zero-order valence-electron chi connectivity index (χ0n) is 17.1. The highest BCUT2D eigenvalue weighted by Gasteiger charge is 2.45. The van der Waals surface area contributed by atoms with E-state index in [9.17, 15) is 14.4 Å². The van der Waals surface area contributed by atoms with E-state index in [4.69, 9.17) is 0 Å². The predicted octanol–water partition coefficient (Wildman–Crippen LogP) is 1.30. The first-order chi connectivity index (χ1) is 14.6. The molecule has 1 amide bonds. The van der Waals surface area contributed by atoms with E-state index in [1.54, 1.807) is 23.0 Å². The standard InChI is InChI=1S/C22H27N5O3/c28-18(17-5-1-2-6-17)25-11-7-22(8-12-25)9-13-26-19(29)20(30)27(24-21(22)26)15-16-4-3-10-23-14-16/h3-4,10,14,17H,1-2,5-9,11-13,15H2. The Labute approximate surface area is 174 Å². The molecular formula is C22H27N5O3. The Hall–Kier alpha value is -2.77. The molecule has 0 unspecified atom stereocenters. The fraction of sp³-hybridized carbons (Fsp3) is 0.591. The molecule has 8 nitrogen and oxygen atoms in total. The van der Waals surface area contributed by atoms with Crippen LogP contribution in [0, 0.1) is 5.92 Å². The zero-order valence-corrected chi connectivity index (χ0v) is 17.1. The van der Waals surface area contributed by atoms with Crippen molar-refractivity contribution >= 4 is 5.91 Å². The lowest BCUT2D eigenvalue weighted by Crippen LogP contribution is -2.49. The van der Waals surface area contributed by atoms with Crippen molar-refractivity contribution in [2.75, 3.05) is 13.1 Å². The summed E-state index contributed by atoms with van der Waals surface area (Å²) in [5, 5.41) is 4.67. The molecule has 2 aromatic rings. The normalized spacial score (nSPS) is 20.6. The molecule has 0 aromatic carbocycles. The van der Waals surface area contributed by atoms with E-state index in [1.807, 2.05) is 11.0 Å². The number of nitrogens with zero attached hydrogens (tertiary/aromatic N) is 5. The van der Waals surface area contributed by atoms with Gasteiger partial charge in [-0.15, -0.1) is 0 Å². The van der Waals surface area contributed by atoms with Crippen molar-refractivity contribution in [2.45, 2.75) is 63.5 Å². The van der Waals surface area contributed by atoms with Crippen molar-refractivity contribution in [3.63, 3.8) is 0 Å². The number of piperidine rings is 1. The van der Waals surface area contributed by atoms with Gasteiger partial charge < -0.3 is 4.90 Å². The molecule has 2 aromatic heterocycles. The molecule has 1 spiro atoms. The van der Waals surface area contributed by atoms with Gasteiger partial charge in [0.25, 0.3) is 0 Å². The number of hydrogen-bond acceptors (Lipinski definition) is 5.